The summed E-state index contributed by atoms with van der Waals surface area (Å²) in [4.78, 5) is 20.0. The van der Waals surface area contributed by atoms with Crippen LogP contribution in [0.1, 0.15) is 12.5 Å². The van der Waals surface area contributed by atoms with Crippen molar-refractivity contribution in [2.45, 2.75) is 13.1 Å². The highest BCUT2D eigenvalue weighted by atomic mass is 35.5. The molecule has 0 saturated carbocycles. The molecule has 2 aromatic rings. The van der Waals surface area contributed by atoms with Gasteiger partial charge in [-0.1, -0.05) is 11.6 Å². The van der Waals surface area contributed by atoms with E-state index in [4.69, 9.17) is 22.1 Å². The summed E-state index contributed by atoms with van der Waals surface area (Å²) in [5.74, 6) is 0.369. The van der Waals surface area contributed by atoms with Gasteiger partial charge >= 0.3 is 12.2 Å². The number of nitrogens with one attached hydrogen (secondary N) is 3. The van der Waals surface area contributed by atoms with Crippen LogP contribution in [0, 0.1) is 0 Å². The molecule has 0 aliphatic carbocycles. The Morgan fingerprint density at radius 1 is 1.30 bits per heavy atom. The second kappa shape index (κ2) is 8.16. The predicted molar refractivity (Wildman–Crippen MR) is 96.3 cm³/mol. The van der Waals surface area contributed by atoms with Gasteiger partial charge < -0.3 is 21.1 Å². The van der Waals surface area contributed by atoms with Crippen molar-refractivity contribution in [3.05, 3.63) is 28.8 Å². The summed E-state index contributed by atoms with van der Waals surface area (Å²) in [6.07, 6.45) is -4.59. The Labute approximate surface area is 157 Å². The van der Waals surface area contributed by atoms with Gasteiger partial charge in [0, 0.05) is 12.2 Å². The number of rotatable bonds is 5. The third-order valence-electron chi connectivity index (χ3n) is 3.20. The molecule has 0 spiro atoms. The third kappa shape index (κ3) is 5.03. The summed E-state index contributed by atoms with van der Waals surface area (Å²) < 4.78 is 43.2. The number of alkyl halides is 3. The van der Waals surface area contributed by atoms with Crippen LogP contribution in [0.2, 0.25) is 5.02 Å². The molecule has 27 heavy (non-hydrogen) atoms. The van der Waals surface area contributed by atoms with Crippen LogP contribution < -0.4 is 26.4 Å². The molecule has 0 fully saturated rings. The van der Waals surface area contributed by atoms with E-state index in [1.54, 1.807) is 0 Å². The van der Waals surface area contributed by atoms with Crippen LogP contribution in [-0.2, 0) is 6.18 Å². The van der Waals surface area contributed by atoms with Gasteiger partial charge in [0.2, 0.25) is 11.7 Å². The highest BCUT2D eigenvalue weighted by molar-refractivity contribution is 6.31. The summed E-state index contributed by atoms with van der Waals surface area (Å²) in [5, 5.41) is 7.03. The molecule has 2 amide bonds. The Hall–Kier alpha value is -2.95. The Morgan fingerprint density at radius 3 is 2.56 bits per heavy atom. The fourth-order valence-corrected chi connectivity index (χ4v) is 2.39. The van der Waals surface area contributed by atoms with Crippen LogP contribution in [-0.4, -0.2) is 29.7 Å². The maximum absolute atomic E-state index is 12.7. The number of carbonyl (C=O) groups excluding carboxylic acids is 1. The number of nitrogens with zero attached hydrogens (tertiary/aromatic N) is 2. The van der Waals surface area contributed by atoms with Crippen molar-refractivity contribution in [2.75, 3.05) is 35.3 Å². The number of benzene rings is 1. The third-order valence-corrected chi connectivity index (χ3v) is 3.51. The lowest BCUT2D eigenvalue weighted by molar-refractivity contribution is -0.137. The van der Waals surface area contributed by atoms with E-state index in [1.165, 1.54) is 7.11 Å². The molecule has 146 valence electrons. The standard InChI is InChI=1S/C15H16ClF3N6O2/c1-3-21-12-10(27-2)11(20)23-13(24-12)25-14(26)22-7-4-5-8(9(16)6-7)15(17,18)19/h4-6H,3H2,1-2H3,(H5,20,21,22,23,24,25,26). The van der Waals surface area contributed by atoms with Crippen molar-refractivity contribution in [1.82, 2.24) is 9.97 Å². The number of halogens is 4. The minimum Gasteiger partial charge on any atom is -0.490 e. The molecule has 0 bridgehead atoms. The number of hydrogen-bond acceptors (Lipinski definition) is 6. The molecule has 12 heteroatoms. The second-order valence-electron chi connectivity index (χ2n) is 5.12. The molecule has 2 rings (SSSR count). The molecule has 0 atom stereocenters. The van der Waals surface area contributed by atoms with Gasteiger partial charge in [0.25, 0.3) is 0 Å². The van der Waals surface area contributed by atoms with Crippen molar-refractivity contribution < 1.29 is 22.7 Å². The van der Waals surface area contributed by atoms with Gasteiger partial charge in [-0.2, -0.15) is 23.1 Å². The van der Waals surface area contributed by atoms with Crippen molar-refractivity contribution in [2.24, 2.45) is 0 Å². The van der Waals surface area contributed by atoms with Crippen molar-refractivity contribution in [3.63, 3.8) is 0 Å². The number of hydrogen-bond donors (Lipinski definition) is 4. The Bertz CT molecular complexity index is 847. The van der Waals surface area contributed by atoms with E-state index < -0.39 is 22.8 Å². The monoisotopic (exact) mass is 404 g/mol. The van der Waals surface area contributed by atoms with E-state index in [0.717, 1.165) is 18.2 Å². The van der Waals surface area contributed by atoms with E-state index in [0.29, 0.717) is 6.54 Å². The molecule has 0 aliphatic rings. The van der Waals surface area contributed by atoms with E-state index in [-0.39, 0.29) is 29.0 Å². The predicted octanol–water partition coefficient (Wildman–Crippen LogP) is 3.82. The number of nitrogen functional groups attached to an aromatic ring is 1. The number of aromatic nitrogens is 2. The number of nitrogens with two attached hydrogens (primary N) is 1. The molecule has 5 N–H and O–H groups in total. The van der Waals surface area contributed by atoms with Crippen LogP contribution in [0.15, 0.2) is 18.2 Å². The number of anilines is 4. The number of ether oxygens (including phenoxy) is 1. The molecule has 1 aromatic heterocycles. The van der Waals surface area contributed by atoms with Gasteiger partial charge in [-0.25, -0.2) is 4.79 Å². The van der Waals surface area contributed by atoms with Crippen LogP contribution in [0.3, 0.4) is 0 Å². The van der Waals surface area contributed by atoms with Crippen LogP contribution in [0.5, 0.6) is 5.75 Å². The zero-order valence-electron chi connectivity index (χ0n) is 14.2. The fraction of sp³-hybridized carbons (Fsp3) is 0.267. The smallest absolute Gasteiger partial charge is 0.417 e. The molecule has 1 aromatic carbocycles. The van der Waals surface area contributed by atoms with E-state index >= 15 is 0 Å². The summed E-state index contributed by atoms with van der Waals surface area (Å²) in [5.41, 5.74) is 4.81. The number of amides is 2. The summed E-state index contributed by atoms with van der Waals surface area (Å²) in [7, 11) is 1.39. The average Bonchev–Trinajstić information content (AvgIpc) is 2.53. The molecule has 0 radical (unpaired) electrons. The highest BCUT2D eigenvalue weighted by Gasteiger charge is 2.33. The van der Waals surface area contributed by atoms with Gasteiger partial charge in [0.15, 0.2) is 11.6 Å². The molecule has 0 aliphatic heterocycles. The maximum Gasteiger partial charge on any atom is 0.417 e. The largest absolute Gasteiger partial charge is 0.490 e. The fourth-order valence-electron chi connectivity index (χ4n) is 2.10. The Kier molecular flexibility index (Phi) is 6.16. The first-order valence-electron chi connectivity index (χ1n) is 7.55. The van der Waals surface area contributed by atoms with Gasteiger partial charge in [0.05, 0.1) is 17.7 Å². The van der Waals surface area contributed by atoms with Crippen molar-refractivity contribution >= 4 is 40.9 Å². The summed E-state index contributed by atoms with van der Waals surface area (Å²) in [6, 6.07) is 2.03. The summed E-state index contributed by atoms with van der Waals surface area (Å²) >= 11 is 5.61. The summed E-state index contributed by atoms with van der Waals surface area (Å²) in [6.45, 7) is 2.34. The van der Waals surface area contributed by atoms with Crippen LogP contribution >= 0.6 is 11.6 Å². The molecular formula is C15H16ClF3N6O2. The van der Waals surface area contributed by atoms with Gasteiger partial charge in [-0.3, -0.25) is 5.32 Å². The normalized spacial score (nSPS) is 11.0. The molecule has 8 nitrogen and oxygen atoms in total. The van der Waals surface area contributed by atoms with Gasteiger partial charge in [0.1, 0.15) is 0 Å². The zero-order valence-corrected chi connectivity index (χ0v) is 15.0. The molecule has 0 unspecified atom stereocenters. The first kappa shape index (κ1) is 20.4. The van der Waals surface area contributed by atoms with Gasteiger partial charge in [-0.15, -0.1) is 0 Å². The lowest BCUT2D eigenvalue weighted by Gasteiger charge is -2.13. The number of carbonyl (C=O) groups is 1. The lowest BCUT2D eigenvalue weighted by Crippen LogP contribution is -2.22. The topological polar surface area (TPSA) is 114 Å². The lowest BCUT2D eigenvalue weighted by atomic mass is 10.2. The Balaban J connectivity index is 2.15. The van der Waals surface area contributed by atoms with E-state index in [1.807, 2.05) is 6.92 Å². The van der Waals surface area contributed by atoms with Crippen LogP contribution in [0.25, 0.3) is 0 Å². The molecule has 1 heterocycles. The molecule has 0 saturated heterocycles. The van der Waals surface area contributed by atoms with Crippen LogP contribution in [0.4, 0.5) is 41.2 Å². The minimum atomic E-state index is -4.59. The first-order valence-corrected chi connectivity index (χ1v) is 7.93. The molecular weight excluding hydrogens is 389 g/mol. The first-order chi connectivity index (χ1) is 12.7. The second-order valence-corrected chi connectivity index (χ2v) is 5.52. The zero-order chi connectivity index (χ0) is 20.2. The van der Waals surface area contributed by atoms with Crippen molar-refractivity contribution in [1.29, 1.82) is 0 Å². The quantitative estimate of drug-likeness (QED) is 0.602. The highest BCUT2D eigenvalue weighted by Crippen LogP contribution is 2.36. The maximum atomic E-state index is 12.7. The minimum absolute atomic E-state index is 0.00340. The SMILES string of the molecule is CCNc1nc(NC(=O)Nc2ccc(C(F)(F)F)c(Cl)c2)nc(N)c1OC. The Morgan fingerprint density at radius 2 is 2.00 bits per heavy atom. The van der Waals surface area contributed by atoms with E-state index in [2.05, 4.69) is 25.9 Å². The van der Waals surface area contributed by atoms with Gasteiger partial charge in [-0.05, 0) is 25.1 Å². The average molecular weight is 405 g/mol. The number of methoxy groups -OCH3 is 1. The number of urea groups is 1. The van der Waals surface area contributed by atoms with E-state index in [9.17, 15) is 18.0 Å². The van der Waals surface area contributed by atoms with Crippen molar-refractivity contribution in [3.8, 4) is 5.75 Å².